The maximum Gasteiger partial charge on any atom is 0.289 e. The number of nitrogens with one attached hydrogen (secondary N) is 2. The van der Waals surface area contributed by atoms with E-state index in [0.29, 0.717) is 21.3 Å². The second kappa shape index (κ2) is 8.17. The number of amides is 1. The maximum absolute atomic E-state index is 12.2. The highest BCUT2D eigenvalue weighted by Gasteiger charge is 2.12. The van der Waals surface area contributed by atoms with Gasteiger partial charge >= 0.3 is 0 Å². The van der Waals surface area contributed by atoms with Crippen LogP contribution in [0.2, 0.25) is 10.0 Å². The van der Waals surface area contributed by atoms with Crippen molar-refractivity contribution >= 4 is 35.3 Å². The number of rotatable bonds is 5. The van der Waals surface area contributed by atoms with Crippen LogP contribution in [0.5, 0.6) is 0 Å². The van der Waals surface area contributed by atoms with E-state index in [2.05, 4.69) is 27.6 Å². The van der Waals surface area contributed by atoms with Gasteiger partial charge in [0.05, 0.1) is 16.9 Å². The van der Waals surface area contributed by atoms with E-state index < -0.39 is 5.91 Å². The Hall–Kier alpha value is -2.63. The highest BCUT2D eigenvalue weighted by Crippen LogP contribution is 2.29. The Morgan fingerprint density at radius 2 is 1.96 bits per heavy atom. The molecule has 0 spiro atoms. The van der Waals surface area contributed by atoms with Crippen molar-refractivity contribution in [2.45, 2.75) is 13.3 Å². The molecule has 0 unspecified atom stereocenters. The van der Waals surface area contributed by atoms with E-state index in [1.807, 2.05) is 24.3 Å². The van der Waals surface area contributed by atoms with Gasteiger partial charge in [0.1, 0.15) is 5.69 Å². The molecule has 26 heavy (non-hydrogen) atoms. The Balaban J connectivity index is 1.67. The lowest BCUT2D eigenvalue weighted by atomic mass is 10.1. The number of carbonyl (C=O) groups excluding carboxylic acids is 1. The SMILES string of the molecule is CCc1ccc(/C=N/NC(=O)c2cc(-c3ccc(Cl)cc3Cl)n[nH]2)cc1. The van der Waals surface area contributed by atoms with E-state index in [1.54, 1.807) is 30.5 Å². The summed E-state index contributed by atoms with van der Waals surface area (Å²) in [6.45, 7) is 2.10. The normalized spacial score (nSPS) is 11.0. The zero-order valence-electron chi connectivity index (χ0n) is 14.0. The summed E-state index contributed by atoms with van der Waals surface area (Å²) in [5, 5.41) is 11.8. The molecule has 0 aliphatic heterocycles. The summed E-state index contributed by atoms with van der Waals surface area (Å²) in [5.41, 5.74) is 6.14. The van der Waals surface area contributed by atoms with E-state index in [9.17, 15) is 4.79 Å². The van der Waals surface area contributed by atoms with Crippen molar-refractivity contribution in [1.29, 1.82) is 0 Å². The lowest BCUT2D eigenvalue weighted by Gasteiger charge is -2.00. The summed E-state index contributed by atoms with van der Waals surface area (Å²) >= 11 is 12.1. The van der Waals surface area contributed by atoms with Gasteiger partial charge in [-0.15, -0.1) is 0 Å². The van der Waals surface area contributed by atoms with Crippen LogP contribution in [0.25, 0.3) is 11.3 Å². The number of hydrogen-bond acceptors (Lipinski definition) is 3. The maximum atomic E-state index is 12.2. The summed E-state index contributed by atoms with van der Waals surface area (Å²) in [5.74, 6) is -0.393. The molecule has 132 valence electrons. The number of carbonyl (C=O) groups is 1. The Kier molecular flexibility index (Phi) is 5.71. The average molecular weight is 387 g/mol. The first kappa shape index (κ1) is 18.2. The monoisotopic (exact) mass is 386 g/mol. The van der Waals surface area contributed by atoms with Crippen LogP contribution in [0.15, 0.2) is 53.6 Å². The second-order valence-corrected chi connectivity index (χ2v) is 6.43. The van der Waals surface area contributed by atoms with Gasteiger partial charge in [-0.05, 0) is 41.8 Å². The van der Waals surface area contributed by atoms with Crippen LogP contribution in [0, 0.1) is 0 Å². The van der Waals surface area contributed by atoms with Crippen molar-refractivity contribution in [3.63, 3.8) is 0 Å². The van der Waals surface area contributed by atoms with Crippen LogP contribution in [0.4, 0.5) is 0 Å². The molecule has 1 aromatic heterocycles. The highest BCUT2D eigenvalue weighted by molar-refractivity contribution is 6.36. The van der Waals surface area contributed by atoms with Gasteiger partial charge in [-0.3, -0.25) is 9.89 Å². The lowest BCUT2D eigenvalue weighted by molar-refractivity contribution is 0.0950. The first-order valence-electron chi connectivity index (χ1n) is 8.00. The molecule has 2 N–H and O–H groups in total. The molecule has 0 saturated carbocycles. The summed E-state index contributed by atoms with van der Waals surface area (Å²) < 4.78 is 0. The van der Waals surface area contributed by atoms with Gasteiger partial charge in [-0.2, -0.15) is 10.2 Å². The molecule has 0 radical (unpaired) electrons. The van der Waals surface area contributed by atoms with E-state index in [1.165, 1.54) is 5.56 Å². The zero-order valence-corrected chi connectivity index (χ0v) is 15.5. The van der Waals surface area contributed by atoms with Gasteiger partial charge in [-0.1, -0.05) is 54.4 Å². The van der Waals surface area contributed by atoms with Crippen molar-refractivity contribution in [2.75, 3.05) is 0 Å². The molecule has 1 amide bonds. The van der Waals surface area contributed by atoms with Gasteiger partial charge in [-0.25, -0.2) is 5.43 Å². The first-order chi connectivity index (χ1) is 12.6. The molecule has 3 rings (SSSR count). The van der Waals surface area contributed by atoms with Crippen molar-refractivity contribution in [1.82, 2.24) is 15.6 Å². The number of halogens is 2. The molecule has 0 fully saturated rings. The fourth-order valence-electron chi connectivity index (χ4n) is 2.34. The van der Waals surface area contributed by atoms with Crippen LogP contribution >= 0.6 is 23.2 Å². The Bertz CT molecular complexity index is 948. The van der Waals surface area contributed by atoms with Crippen molar-refractivity contribution in [3.05, 3.63) is 75.4 Å². The number of benzene rings is 2. The minimum atomic E-state index is -0.393. The number of aromatic amines is 1. The first-order valence-corrected chi connectivity index (χ1v) is 8.75. The average Bonchev–Trinajstić information content (AvgIpc) is 3.12. The molecular weight excluding hydrogens is 371 g/mol. The second-order valence-electron chi connectivity index (χ2n) is 5.59. The van der Waals surface area contributed by atoms with E-state index in [-0.39, 0.29) is 5.69 Å². The molecule has 7 heteroatoms. The Labute approximate surface area is 161 Å². The summed E-state index contributed by atoms with van der Waals surface area (Å²) in [6.07, 6.45) is 2.57. The predicted molar refractivity (Wildman–Crippen MR) is 105 cm³/mol. The quantitative estimate of drug-likeness (QED) is 0.492. The smallest absolute Gasteiger partial charge is 0.272 e. The third-order valence-electron chi connectivity index (χ3n) is 3.80. The van der Waals surface area contributed by atoms with E-state index >= 15 is 0 Å². The van der Waals surface area contributed by atoms with Crippen LogP contribution in [-0.4, -0.2) is 22.3 Å². The fourth-order valence-corrected chi connectivity index (χ4v) is 2.84. The third-order valence-corrected chi connectivity index (χ3v) is 4.35. The number of hydrazone groups is 1. The predicted octanol–water partition coefficient (Wildman–Crippen LogP) is 4.71. The van der Waals surface area contributed by atoms with E-state index in [0.717, 1.165) is 12.0 Å². The summed E-state index contributed by atoms with van der Waals surface area (Å²) in [4.78, 5) is 12.2. The number of nitrogens with zero attached hydrogens (tertiary/aromatic N) is 2. The molecule has 0 saturated heterocycles. The molecular formula is C19H16Cl2N4O. The topological polar surface area (TPSA) is 70.1 Å². The fraction of sp³-hybridized carbons (Fsp3) is 0.105. The minimum absolute atomic E-state index is 0.282. The van der Waals surface area contributed by atoms with Crippen molar-refractivity contribution < 1.29 is 4.79 Å². The van der Waals surface area contributed by atoms with Gasteiger partial charge in [0.2, 0.25) is 0 Å². The minimum Gasteiger partial charge on any atom is -0.272 e. The number of aryl methyl sites for hydroxylation is 1. The molecule has 5 nitrogen and oxygen atoms in total. The van der Waals surface area contributed by atoms with Crippen molar-refractivity contribution in [3.8, 4) is 11.3 Å². The molecule has 0 atom stereocenters. The van der Waals surface area contributed by atoms with Crippen LogP contribution in [0.1, 0.15) is 28.5 Å². The highest BCUT2D eigenvalue weighted by atomic mass is 35.5. The number of H-pyrrole nitrogens is 1. The Morgan fingerprint density at radius 1 is 1.19 bits per heavy atom. The molecule has 0 bridgehead atoms. The third kappa shape index (κ3) is 4.31. The standard InChI is InChI=1S/C19H16Cl2N4O/c1-2-12-3-5-13(6-4-12)11-22-25-19(26)18-10-17(23-24-18)15-8-7-14(20)9-16(15)21/h3-11H,2H2,1H3,(H,23,24)(H,25,26)/b22-11+. The number of aromatic nitrogens is 2. The summed E-state index contributed by atoms with van der Waals surface area (Å²) in [7, 11) is 0. The lowest BCUT2D eigenvalue weighted by Crippen LogP contribution is -2.18. The van der Waals surface area contributed by atoms with Crippen LogP contribution in [0.3, 0.4) is 0 Å². The molecule has 2 aromatic carbocycles. The molecule has 3 aromatic rings. The Morgan fingerprint density at radius 3 is 2.65 bits per heavy atom. The van der Waals surface area contributed by atoms with E-state index in [4.69, 9.17) is 23.2 Å². The van der Waals surface area contributed by atoms with Gasteiger partial charge in [0.15, 0.2) is 0 Å². The summed E-state index contributed by atoms with van der Waals surface area (Å²) in [6, 6.07) is 14.7. The molecule has 1 heterocycles. The van der Waals surface area contributed by atoms with Gasteiger partial charge < -0.3 is 0 Å². The van der Waals surface area contributed by atoms with Crippen LogP contribution in [-0.2, 0) is 6.42 Å². The van der Waals surface area contributed by atoms with Gasteiger partial charge in [0.25, 0.3) is 5.91 Å². The zero-order chi connectivity index (χ0) is 18.5. The largest absolute Gasteiger partial charge is 0.289 e. The van der Waals surface area contributed by atoms with Gasteiger partial charge in [0, 0.05) is 10.6 Å². The van der Waals surface area contributed by atoms with Crippen molar-refractivity contribution in [2.24, 2.45) is 5.10 Å². The molecule has 0 aliphatic carbocycles. The van der Waals surface area contributed by atoms with Crippen LogP contribution < -0.4 is 5.43 Å². The molecule has 0 aliphatic rings. The number of hydrogen-bond donors (Lipinski definition) is 2.